The van der Waals surface area contributed by atoms with Gasteiger partial charge in [0.1, 0.15) is 18.2 Å². The monoisotopic (exact) mass is 248 g/mol. The van der Waals surface area contributed by atoms with Crippen LogP contribution in [0.4, 0.5) is 4.39 Å². The zero-order chi connectivity index (χ0) is 9.68. The van der Waals surface area contributed by atoms with E-state index < -0.39 is 0 Å². The molecule has 0 aliphatic heterocycles. The molecule has 0 spiro atoms. The van der Waals surface area contributed by atoms with Crippen LogP contribution < -0.4 is 4.74 Å². The summed E-state index contributed by atoms with van der Waals surface area (Å²) in [6, 6.07) is 5.90. The summed E-state index contributed by atoms with van der Waals surface area (Å²) in [7, 11) is 0. The van der Waals surface area contributed by atoms with Gasteiger partial charge >= 0.3 is 0 Å². The Balaban J connectivity index is 2.45. The van der Waals surface area contributed by atoms with Gasteiger partial charge in [-0.15, -0.1) is 0 Å². The summed E-state index contributed by atoms with van der Waals surface area (Å²) < 4.78 is 17.8. The Hall–Kier alpha value is -0.610. The van der Waals surface area contributed by atoms with Crippen LogP contribution in [0.2, 0.25) is 0 Å². The number of aliphatic hydroxyl groups is 1. The third kappa shape index (κ3) is 3.74. The topological polar surface area (TPSA) is 29.5 Å². The fourth-order valence-electron chi connectivity index (χ4n) is 0.796. The molecule has 1 aromatic rings. The normalized spacial score (nSPS) is 12.5. The van der Waals surface area contributed by atoms with E-state index in [-0.39, 0.29) is 17.3 Å². The molecular weight excluding hydrogens is 239 g/mol. The molecule has 1 unspecified atom stereocenters. The van der Waals surface area contributed by atoms with E-state index in [9.17, 15) is 4.39 Å². The van der Waals surface area contributed by atoms with E-state index in [1.165, 1.54) is 12.1 Å². The van der Waals surface area contributed by atoms with Crippen molar-refractivity contribution in [3.63, 3.8) is 0 Å². The van der Waals surface area contributed by atoms with Crippen molar-refractivity contribution in [2.75, 3.05) is 13.2 Å². The molecule has 0 saturated heterocycles. The number of ether oxygens (including phenoxy) is 1. The van der Waals surface area contributed by atoms with Crippen molar-refractivity contribution in [2.24, 2.45) is 0 Å². The average Bonchev–Trinajstić information content (AvgIpc) is 2.14. The van der Waals surface area contributed by atoms with Crippen LogP contribution >= 0.6 is 15.9 Å². The molecule has 1 aromatic carbocycles. The van der Waals surface area contributed by atoms with Gasteiger partial charge in [-0.2, -0.15) is 0 Å². The molecule has 2 nitrogen and oxygen atoms in total. The maximum absolute atomic E-state index is 12.6. The molecule has 13 heavy (non-hydrogen) atoms. The molecule has 1 rings (SSSR count). The molecule has 0 aliphatic carbocycles. The van der Waals surface area contributed by atoms with E-state index in [2.05, 4.69) is 15.9 Å². The molecule has 0 heterocycles. The molecule has 72 valence electrons. The van der Waals surface area contributed by atoms with Crippen molar-refractivity contribution in [3.8, 4) is 5.75 Å². The van der Waals surface area contributed by atoms with E-state index in [4.69, 9.17) is 9.84 Å². The van der Waals surface area contributed by atoms with Crippen molar-refractivity contribution in [2.45, 2.75) is 4.83 Å². The predicted octanol–water partition coefficient (Wildman–Crippen LogP) is 1.96. The number of halogens is 2. The van der Waals surface area contributed by atoms with Gasteiger partial charge in [-0.25, -0.2) is 4.39 Å². The van der Waals surface area contributed by atoms with Gasteiger partial charge in [-0.1, -0.05) is 22.0 Å². The van der Waals surface area contributed by atoms with Crippen molar-refractivity contribution >= 4 is 15.9 Å². The minimum Gasteiger partial charge on any atom is -0.492 e. The Kier molecular flexibility index (Phi) is 4.18. The smallest absolute Gasteiger partial charge is 0.126 e. The van der Waals surface area contributed by atoms with Gasteiger partial charge in [0.15, 0.2) is 0 Å². The van der Waals surface area contributed by atoms with Crippen LogP contribution in [-0.4, -0.2) is 23.1 Å². The Labute approximate surface area is 84.5 Å². The maximum Gasteiger partial charge on any atom is 0.126 e. The summed E-state index contributed by atoms with van der Waals surface area (Å²) >= 11 is 3.18. The number of hydrogen-bond acceptors (Lipinski definition) is 2. The lowest BCUT2D eigenvalue weighted by Gasteiger charge is -2.08. The van der Waals surface area contributed by atoms with Crippen LogP contribution in [0.5, 0.6) is 5.75 Å². The van der Waals surface area contributed by atoms with Crippen LogP contribution in [0, 0.1) is 5.82 Å². The largest absolute Gasteiger partial charge is 0.492 e. The molecule has 4 heteroatoms. The van der Waals surface area contributed by atoms with Crippen LogP contribution in [0.25, 0.3) is 0 Å². The molecule has 1 atom stereocenters. The highest BCUT2D eigenvalue weighted by Gasteiger charge is 2.03. The molecule has 0 bridgehead atoms. The minimum atomic E-state index is -0.326. The number of rotatable bonds is 4. The molecule has 0 amide bonds. The van der Waals surface area contributed by atoms with Gasteiger partial charge < -0.3 is 9.84 Å². The highest BCUT2D eigenvalue weighted by Crippen LogP contribution is 2.13. The second-order valence-electron chi connectivity index (χ2n) is 2.55. The van der Waals surface area contributed by atoms with Crippen LogP contribution in [0.15, 0.2) is 24.3 Å². The number of aliphatic hydroxyl groups excluding tert-OH is 1. The summed E-state index contributed by atoms with van der Waals surface area (Å²) in [6.07, 6.45) is 0. The molecule has 0 aliphatic rings. The van der Waals surface area contributed by atoms with Gasteiger partial charge in [0.25, 0.3) is 0 Å². The first kappa shape index (κ1) is 10.5. The molecule has 1 N–H and O–H groups in total. The fourth-order valence-corrected chi connectivity index (χ4v) is 0.928. The molecule has 0 fully saturated rings. The third-order valence-electron chi connectivity index (χ3n) is 1.43. The van der Waals surface area contributed by atoms with Crippen molar-refractivity contribution < 1.29 is 14.2 Å². The molecule has 0 aromatic heterocycles. The molecule has 0 saturated carbocycles. The highest BCUT2D eigenvalue weighted by atomic mass is 79.9. The van der Waals surface area contributed by atoms with E-state index >= 15 is 0 Å². The van der Waals surface area contributed by atoms with E-state index in [1.54, 1.807) is 12.1 Å². The lowest BCUT2D eigenvalue weighted by molar-refractivity contribution is 0.243. The Bertz CT molecular complexity index is 268. The summed E-state index contributed by atoms with van der Waals surface area (Å²) in [6.45, 7) is 0.315. The van der Waals surface area contributed by atoms with E-state index in [0.29, 0.717) is 12.4 Å². The van der Waals surface area contributed by atoms with Crippen molar-refractivity contribution in [1.29, 1.82) is 0 Å². The van der Waals surface area contributed by atoms with E-state index in [0.717, 1.165) is 0 Å². The zero-order valence-corrected chi connectivity index (χ0v) is 8.50. The lowest BCUT2D eigenvalue weighted by Crippen LogP contribution is -2.14. The van der Waals surface area contributed by atoms with Crippen LogP contribution in [0.3, 0.4) is 0 Å². The van der Waals surface area contributed by atoms with E-state index in [1.807, 2.05) is 0 Å². The van der Waals surface area contributed by atoms with Crippen LogP contribution in [0.1, 0.15) is 0 Å². The Morgan fingerprint density at radius 1 is 1.54 bits per heavy atom. The lowest BCUT2D eigenvalue weighted by atomic mass is 10.3. The Morgan fingerprint density at radius 2 is 2.31 bits per heavy atom. The fraction of sp³-hybridized carbons (Fsp3) is 0.333. The van der Waals surface area contributed by atoms with Gasteiger partial charge in [-0.3, -0.25) is 0 Å². The summed E-state index contributed by atoms with van der Waals surface area (Å²) in [5, 5.41) is 8.67. The minimum absolute atomic E-state index is 0.00465. The Morgan fingerprint density at radius 3 is 2.92 bits per heavy atom. The third-order valence-corrected chi connectivity index (χ3v) is 1.98. The van der Waals surface area contributed by atoms with Gasteiger partial charge in [0.2, 0.25) is 0 Å². The standard InChI is InChI=1S/C9H10BrFO2/c10-7(5-12)6-13-9-3-1-2-8(11)4-9/h1-4,7,12H,5-6H2. The first-order valence-electron chi connectivity index (χ1n) is 3.85. The maximum atomic E-state index is 12.6. The predicted molar refractivity (Wildman–Crippen MR) is 51.7 cm³/mol. The zero-order valence-electron chi connectivity index (χ0n) is 6.91. The second-order valence-corrected chi connectivity index (χ2v) is 3.84. The summed E-state index contributed by atoms with van der Waals surface area (Å²) in [5.74, 6) is 0.144. The second kappa shape index (κ2) is 5.19. The molecular formula is C9H10BrFO2. The first-order chi connectivity index (χ1) is 6.22. The number of hydrogen-bond donors (Lipinski definition) is 1. The number of benzene rings is 1. The van der Waals surface area contributed by atoms with Gasteiger partial charge in [0.05, 0.1) is 11.4 Å². The number of alkyl halides is 1. The summed E-state index contributed by atoms with van der Waals surface area (Å²) in [5.41, 5.74) is 0. The van der Waals surface area contributed by atoms with Crippen molar-refractivity contribution in [3.05, 3.63) is 30.1 Å². The van der Waals surface area contributed by atoms with Crippen molar-refractivity contribution in [1.82, 2.24) is 0 Å². The SMILES string of the molecule is OCC(Br)COc1cccc(F)c1. The van der Waals surface area contributed by atoms with Crippen LogP contribution in [-0.2, 0) is 0 Å². The quantitative estimate of drug-likeness (QED) is 0.826. The van der Waals surface area contributed by atoms with Gasteiger partial charge in [0, 0.05) is 6.07 Å². The highest BCUT2D eigenvalue weighted by molar-refractivity contribution is 9.09. The molecule has 0 radical (unpaired) electrons. The average molecular weight is 249 g/mol. The summed E-state index contributed by atoms with van der Waals surface area (Å²) in [4.78, 5) is -0.115. The van der Waals surface area contributed by atoms with Gasteiger partial charge in [-0.05, 0) is 12.1 Å². The first-order valence-corrected chi connectivity index (χ1v) is 4.77.